The molecule has 0 fully saturated rings. The van der Waals surface area contributed by atoms with E-state index in [2.05, 4.69) is 13.8 Å². The average molecular weight is 513 g/mol. The second-order valence-electron chi connectivity index (χ2n) is 10.5. The third-order valence-electron chi connectivity index (χ3n) is 7.03. The van der Waals surface area contributed by atoms with Crippen molar-refractivity contribution >= 4 is 17.9 Å². The van der Waals surface area contributed by atoms with Crippen molar-refractivity contribution in [1.82, 2.24) is 0 Å². The minimum Gasteiger partial charge on any atom is -0.481 e. The number of hydrogen-bond donors (Lipinski definition) is 2. The van der Waals surface area contributed by atoms with E-state index in [0.717, 1.165) is 57.8 Å². The van der Waals surface area contributed by atoms with Crippen LogP contribution >= 0.6 is 0 Å². The summed E-state index contributed by atoms with van der Waals surface area (Å²) in [5.74, 6) is -3.89. The Morgan fingerprint density at radius 1 is 0.528 bits per heavy atom. The number of unbranched alkanes of at least 4 members (excludes halogenated alkanes) is 16. The second-order valence-corrected chi connectivity index (χ2v) is 10.5. The van der Waals surface area contributed by atoms with Gasteiger partial charge in [-0.25, -0.2) is 0 Å². The number of carbonyl (C=O) groups excluding carboxylic acids is 1. The van der Waals surface area contributed by atoms with Crippen LogP contribution in [0.25, 0.3) is 0 Å². The lowest BCUT2D eigenvalue weighted by molar-refractivity contribution is -0.155. The van der Waals surface area contributed by atoms with Crippen molar-refractivity contribution in [3.63, 3.8) is 0 Å². The molecule has 0 saturated heterocycles. The van der Waals surface area contributed by atoms with Gasteiger partial charge in [-0.2, -0.15) is 0 Å². The maximum Gasteiger partial charge on any atom is 0.317 e. The molecule has 6 heteroatoms. The summed E-state index contributed by atoms with van der Waals surface area (Å²) >= 11 is 0. The fourth-order valence-electron chi connectivity index (χ4n) is 4.67. The third kappa shape index (κ3) is 21.7. The van der Waals surface area contributed by atoms with Gasteiger partial charge in [0.15, 0.2) is 5.92 Å². The van der Waals surface area contributed by atoms with Gasteiger partial charge in [-0.15, -0.1) is 0 Å². The van der Waals surface area contributed by atoms with Gasteiger partial charge in [0.2, 0.25) is 0 Å². The van der Waals surface area contributed by atoms with E-state index in [4.69, 9.17) is 14.9 Å². The van der Waals surface area contributed by atoms with Crippen LogP contribution in [-0.4, -0.2) is 34.2 Å². The molecule has 0 aromatic heterocycles. The normalized spacial score (nSPS) is 12.1. The highest BCUT2D eigenvalue weighted by atomic mass is 16.5. The Kier molecular flexibility index (Phi) is 24.0. The quantitative estimate of drug-likeness (QED) is 0.0648. The van der Waals surface area contributed by atoms with E-state index < -0.39 is 17.9 Å². The Morgan fingerprint density at radius 3 is 1.31 bits per heavy atom. The lowest BCUT2D eigenvalue weighted by Gasteiger charge is -2.18. The molecule has 0 bridgehead atoms. The van der Waals surface area contributed by atoms with Gasteiger partial charge in [0, 0.05) is 6.42 Å². The first-order valence-corrected chi connectivity index (χ1v) is 15.1. The average Bonchev–Trinajstić information content (AvgIpc) is 2.83. The second kappa shape index (κ2) is 25.1. The van der Waals surface area contributed by atoms with E-state index in [-0.39, 0.29) is 18.5 Å². The Bertz CT molecular complexity index is 534. The van der Waals surface area contributed by atoms with Crippen molar-refractivity contribution in [2.45, 2.75) is 168 Å². The molecule has 0 rings (SSSR count). The van der Waals surface area contributed by atoms with Crippen molar-refractivity contribution in [2.75, 3.05) is 0 Å². The molecular formula is C30H56O6. The van der Waals surface area contributed by atoms with Crippen LogP contribution in [0.1, 0.15) is 162 Å². The molecular weight excluding hydrogens is 456 g/mol. The molecule has 36 heavy (non-hydrogen) atoms. The Balaban J connectivity index is 4.07. The van der Waals surface area contributed by atoms with Crippen LogP contribution < -0.4 is 0 Å². The molecule has 0 saturated carbocycles. The van der Waals surface area contributed by atoms with Crippen molar-refractivity contribution in [2.24, 2.45) is 5.92 Å². The highest BCUT2D eigenvalue weighted by Gasteiger charge is 2.24. The summed E-state index contributed by atoms with van der Waals surface area (Å²) in [5, 5.41) is 17.8. The van der Waals surface area contributed by atoms with E-state index in [1.165, 1.54) is 70.6 Å². The molecule has 1 atom stereocenters. The zero-order chi connectivity index (χ0) is 26.9. The molecule has 0 aliphatic rings. The van der Waals surface area contributed by atoms with Gasteiger partial charge >= 0.3 is 17.9 Å². The van der Waals surface area contributed by atoms with Crippen LogP contribution in [0.3, 0.4) is 0 Å². The fourth-order valence-corrected chi connectivity index (χ4v) is 4.67. The smallest absolute Gasteiger partial charge is 0.317 e. The summed E-state index contributed by atoms with van der Waals surface area (Å²) < 4.78 is 5.89. The summed E-state index contributed by atoms with van der Waals surface area (Å²) in [5.41, 5.74) is 0. The third-order valence-corrected chi connectivity index (χ3v) is 7.03. The highest BCUT2D eigenvalue weighted by molar-refractivity contribution is 5.92. The van der Waals surface area contributed by atoms with Crippen molar-refractivity contribution in [3.8, 4) is 0 Å². The van der Waals surface area contributed by atoms with Crippen molar-refractivity contribution < 1.29 is 29.3 Å². The first-order chi connectivity index (χ1) is 17.4. The maximum absolute atomic E-state index is 12.4. The van der Waals surface area contributed by atoms with E-state index in [0.29, 0.717) is 12.8 Å². The molecule has 212 valence electrons. The molecule has 0 aromatic rings. The number of ether oxygens (including phenoxy) is 1. The van der Waals surface area contributed by atoms with Crippen LogP contribution in [0, 0.1) is 5.92 Å². The number of carboxylic acids is 2. The number of rotatable bonds is 27. The topological polar surface area (TPSA) is 101 Å². The van der Waals surface area contributed by atoms with Gasteiger partial charge in [0.1, 0.15) is 6.10 Å². The molecule has 0 spiro atoms. The van der Waals surface area contributed by atoms with Crippen molar-refractivity contribution in [3.05, 3.63) is 0 Å². The summed E-state index contributed by atoms with van der Waals surface area (Å²) in [4.78, 5) is 34.2. The molecule has 1 unspecified atom stereocenters. The van der Waals surface area contributed by atoms with Gasteiger partial charge in [-0.1, -0.05) is 117 Å². The van der Waals surface area contributed by atoms with E-state index in [9.17, 15) is 14.4 Å². The van der Waals surface area contributed by atoms with Gasteiger partial charge < -0.3 is 14.9 Å². The number of carbonyl (C=O) groups is 3. The predicted molar refractivity (Wildman–Crippen MR) is 146 cm³/mol. The SMILES string of the molecule is CCCCCCCCCC(CCCCCCCC)OC(=O)CCCCCCCCC(C(=O)O)C(=O)O. The molecule has 0 aromatic carbocycles. The maximum atomic E-state index is 12.4. The minimum atomic E-state index is -1.30. The van der Waals surface area contributed by atoms with Gasteiger partial charge in [0.25, 0.3) is 0 Å². The first-order valence-electron chi connectivity index (χ1n) is 15.1. The van der Waals surface area contributed by atoms with Gasteiger partial charge in [0.05, 0.1) is 0 Å². The first kappa shape index (κ1) is 34.4. The predicted octanol–water partition coefficient (Wildman–Crippen LogP) is 8.70. The standard InChI is InChI=1S/C30H56O6/c1-3-5-7-9-11-15-19-23-26(22-18-14-10-8-6-4-2)36-28(31)25-21-17-13-12-16-20-24-27(29(32)33)30(34)35/h26-27H,3-25H2,1-2H3,(H,32,33)(H,34,35). The summed E-state index contributed by atoms with van der Waals surface area (Å²) in [6.45, 7) is 4.47. The minimum absolute atomic E-state index is 0.0655. The van der Waals surface area contributed by atoms with Crippen LogP contribution in [0.15, 0.2) is 0 Å². The van der Waals surface area contributed by atoms with Gasteiger partial charge in [-0.3, -0.25) is 14.4 Å². The number of carboxylic acid groups (broad SMARTS) is 2. The summed E-state index contributed by atoms with van der Waals surface area (Å²) in [6.07, 6.45) is 24.2. The fraction of sp³-hybridized carbons (Fsp3) is 0.900. The number of hydrogen-bond acceptors (Lipinski definition) is 4. The molecule has 0 aliphatic carbocycles. The Labute approximate surface area is 221 Å². The molecule has 0 amide bonds. The molecule has 0 heterocycles. The zero-order valence-electron chi connectivity index (χ0n) is 23.4. The molecule has 0 aliphatic heterocycles. The lowest BCUT2D eigenvalue weighted by Crippen LogP contribution is -2.23. The zero-order valence-corrected chi connectivity index (χ0v) is 23.4. The summed E-state index contributed by atoms with van der Waals surface area (Å²) in [6, 6.07) is 0. The van der Waals surface area contributed by atoms with Crippen LogP contribution in [0.4, 0.5) is 0 Å². The Hall–Kier alpha value is -1.59. The molecule has 6 nitrogen and oxygen atoms in total. The number of esters is 1. The van der Waals surface area contributed by atoms with Gasteiger partial charge in [-0.05, 0) is 38.5 Å². The van der Waals surface area contributed by atoms with Crippen molar-refractivity contribution in [1.29, 1.82) is 0 Å². The van der Waals surface area contributed by atoms with E-state index in [1.54, 1.807) is 0 Å². The molecule has 2 N–H and O–H groups in total. The largest absolute Gasteiger partial charge is 0.481 e. The van der Waals surface area contributed by atoms with Crippen LogP contribution in [0.5, 0.6) is 0 Å². The van der Waals surface area contributed by atoms with E-state index >= 15 is 0 Å². The van der Waals surface area contributed by atoms with Crippen LogP contribution in [-0.2, 0) is 19.1 Å². The Morgan fingerprint density at radius 2 is 0.889 bits per heavy atom. The highest BCUT2D eigenvalue weighted by Crippen LogP contribution is 2.19. The summed E-state index contributed by atoms with van der Waals surface area (Å²) in [7, 11) is 0. The monoisotopic (exact) mass is 512 g/mol. The van der Waals surface area contributed by atoms with E-state index in [1.807, 2.05) is 0 Å². The molecule has 0 radical (unpaired) electrons. The lowest BCUT2D eigenvalue weighted by atomic mass is 10.0. The number of aliphatic carboxylic acids is 2. The van der Waals surface area contributed by atoms with Crippen LogP contribution in [0.2, 0.25) is 0 Å².